The van der Waals surface area contributed by atoms with Crippen molar-refractivity contribution >= 4 is 22.9 Å². The van der Waals surface area contributed by atoms with E-state index in [9.17, 15) is 19.8 Å². The van der Waals surface area contributed by atoms with Crippen molar-refractivity contribution in [1.82, 2.24) is 0 Å². The minimum Gasteiger partial charge on any atom is -0.507 e. The van der Waals surface area contributed by atoms with E-state index in [0.717, 1.165) is 6.07 Å². The zero-order chi connectivity index (χ0) is 14.6. The summed E-state index contributed by atoms with van der Waals surface area (Å²) in [6, 6.07) is 5.51. The van der Waals surface area contributed by atoms with E-state index in [1.165, 1.54) is 12.1 Å². The number of rotatable bonds is 0. The summed E-state index contributed by atoms with van der Waals surface area (Å²) in [7, 11) is 0. The number of hydrogen-bond acceptors (Lipinski definition) is 6. The number of aromatic hydroxyl groups is 2. The first-order valence-corrected chi connectivity index (χ1v) is 5.75. The minimum absolute atomic E-state index is 0.0188. The van der Waals surface area contributed by atoms with E-state index >= 15 is 0 Å². The molecule has 3 rings (SSSR count). The molecule has 0 spiro atoms. The number of fused-ring (bicyclic) bond motifs is 2. The molecule has 20 heavy (non-hydrogen) atoms. The summed E-state index contributed by atoms with van der Waals surface area (Å²) in [6.07, 6.45) is 0. The molecule has 6 N–H and O–H groups in total. The van der Waals surface area contributed by atoms with Crippen LogP contribution in [0.25, 0.3) is 0 Å². The molecule has 0 atom stereocenters. The van der Waals surface area contributed by atoms with Crippen molar-refractivity contribution in [2.75, 3.05) is 11.5 Å². The third kappa shape index (κ3) is 1.33. The van der Waals surface area contributed by atoms with Gasteiger partial charge in [-0.3, -0.25) is 9.59 Å². The Bertz CT molecular complexity index is 796. The maximum atomic E-state index is 12.4. The number of ketones is 2. The molecule has 2 aromatic carbocycles. The van der Waals surface area contributed by atoms with Gasteiger partial charge in [0.15, 0.2) is 11.5 Å². The number of phenols is 2. The Morgan fingerprint density at radius 3 is 2.25 bits per heavy atom. The predicted octanol–water partition coefficient (Wildman–Crippen LogP) is 1.04. The largest absolute Gasteiger partial charge is 0.507 e. The van der Waals surface area contributed by atoms with Crippen LogP contribution in [-0.4, -0.2) is 21.8 Å². The number of hydrogen-bond donors (Lipinski definition) is 4. The number of nitrogen functional groups attached to an aromatic ring is 2. The Labute approximate surface area is 113 Å². The maximum absolute atomic E-state index is 12.4. The van der Waals surface area contributed by atoms with Crippen LogP contribution < -0.4 is 11.5 Å². The monoisotopic (exact) mass is 270 g/mol. The summed E-state index contributed by atoms with van der Waals surface area (Å²) < 4.78 is 0. The molecule has 2 aromatic rings. The van der Waals surface area contributed by atoms with E-state index < -0.39 is 23.1 Å². The highest BCUT2D eigenvalue weighted by Crippen LogP contribution is 2.42. The molecule has 0 heterocycles. The lowest BCUT2D eigenvalue weighted by Crippen LogP contribution is -2.23. The maximum Gasteiger partial charge on any atom is 0.200 e. The molecular formula is C14H10N2O4. The average Bonchev–Trinajstić information content (AvgIpc) is 2.40. The second kappa shape index (κ2) is 3.74. The Hall–Kier alpha value is -3.02. The fraction of sp³-hybridized carbons (Fsp3) is 0. The molecule has 0 saturated carbocycles. The van der Waals surface area contributed by atoms with Crippen LogP contribution in [-0.2, 0) is 0 Å². The van der Waals surface area contributed by atoms with Crippen LogP contribution in [0.4, 0.5) is 11.4 Å². The molecule has 0 amide bonds. The molecule has 0 aliphatic heterocycles. The fourth-order valence-corrected chi connectivity index (χ4v) is 2.40. The van der Waals surface area contributed by atoms with Gasteiger partial charge in [0.05, 0.1) is 22.4 Å². The second-order valence-electron chi connectivity index (χ2n) is 4.51. The van der Waals surface area contributed by atoms with E-state index in [0.29, 0.717) is 0 Å². The smallest absolute Gasteiger partial charge is 0.200 e. The third-order valence-corrected chi connectivity index (χ3v) is 3.33. The zero-order valence-electron chi connectivity index (χ0n) is 10.2. The lowest BCUT2D eigenvalue weighted by Gasteiger charge is -2.21. The first kappa shape index (κ1) is 12.0. The van der Waals surface area contributed by atoms with Gasteiger partial charge >= 0.3 is 0 Å². The van der Waals surface area contributed by atoms with Crippen LogP contribution >= 0.6 is 0 Å². The van der Waals surface area contributed by atoms with Crippen molar-refractivity contribution in [2.45, 2.75) is 0 Å². The van der Waals surface area contributed by atoms with E-state index in [1.54, 1.807) is 6.07 Å². The molecule has 0 aromatic heterocycles. The third-order valence-electron chi connectivity index (χ3n) is 3.33. The SMILES string of the molecule is Nc1cc(O)c2c(c1O)C(=O)c1c(N)cccc1C2=O. The highest BCUT2D eigenvalue weighted by Gasteiger charge is 2.36. The van der Waals surface area contributed by atoms with Gasteiger partial charge in [0.1, 0.15) is 5.75 Å². The molecule has 0 bridgehead atoms. The summed E-state index contributed by atoms with van der Waals surface area (Å²) in [5.41, 5.74) is 10.7. The Morgan fingerprint density at radius 1 is 0.850 bits per heavy atom. The van der Waals surface area contributed by atoms with Crippen LogP contribution in [0.3, 0.4) is 0 Å². The number of anilines is 2. The summed E-state index contributed by atoms with van der Waals surface area (Å²) in [6.45, 7) is 0. The lowest BCUT2D eigenvalue weighted by molar-refractivity contribution is 0.0975. The van der Waals surface area contributed by atoms with Crippen LogP contribution in [0.1, 0.15) is 31.8 Å². The Morgan fingerprint density at radius 2 is 1.55 bits per heavy atom. The van der Waals surface area contributed by atoms with Gasteiger partial charge in [-0.05, 0) is 6.07 Å². The molecule has 1 aliphatic carbocycles. The highest BCUT2D eigenvalue weighted by atomic mass is 16.3. The van der Waals surface area contributed by atoms with E-state index in [-0.39, 0.29) is 33.6 Å². The standard InChI is InChI=1S/C14H10N2O4/c15-6-3-1-2-5-9(6)14(20)11-10(12(5)18)8(17)4-7(16)13(11)19/h1-4,17,19H,15-16H2. The minimum atomic E-state index is -0.632. The van der Waals surface area contributed by atoms with Gasteiger partial charge in [-0.2, -0.15) is 0 Å². The molecule has 0 saturated heterocycles. The van der Waals surface area contributed by atoms with Gasteiger partial charge in [-0.15, -0.1) is 0 Å². The number of carbonyl (C=O) groups excluding carboxylic acids is 2. The van der Waals surface area contributed by atoms with Crippen molar-refractivity contribution in [2.24, 2.45) is 0 Å². The second-order valence-corrected chi connectivity index (χ2v) is 4.51. The quantitative estimate of drug-likeness (QED) is 0.274. The Kier molecular flexibility index (Phi) is 2.25. The topological polar surface area (TPSA) is 127 Å². The normalized spacial score (nSPS) is 13.0. The fourth-order valence-electron chi connectivity index (χ4n) is 2.40. The predicted molar refractivity (Wildman–Crippen MR) is 71.9 cm³/mol. The first-order valence-electron chi connectivity index (χ1n) is 5.75. The van der Waals surface area contributed by atoms with E-state index in [4.69, 9.17) is 11.5 Å². The van der Waals surface area contributed by atoms with Crippen molar-refractivity contribution < 1.29 is 19.8 Å². The van der Waals surface area contributed by atoms with Crippen LogP contribution in [0.2, 0.25) is 0 Å². The van der Waals surface area contributed by atoms with E-state index in [2.05, 4.69) is 0 Å². The number of phenolic OH excluding ortho intramolecular Hbond substituents is 2. The number of carbonyl (C=O) groups is 2. The molecule has 0 unspecified atom stereocenters. The summed E-state index contributed by atoms with van der Waals surface area (Å²) >= 11 is 0. The van der Waals surface area contributed by atoms with Gasteiger partial charge in [0.25, 0.3) is 0 Å². The molecule has 6 heteroatoms. The van der Waals surface area contributed by atoms with Crippen LogP contribution in [0.5, 0.6) is 11.5 Å². The Balaban J connectivity index is 2.45. The van der Waals surface area contributed by atoms with E-state index in [1.807, 2.05) is 0 Å². The number of nitrogens with two attached hydrogens (primary N) is 2. The first-order chi connectivity index (χ1) is 9.43. The molecule has 0 radical (unpaired) electrons. The van der Waals surface area contributed by atoms with Crippen molar-refractivity contribution in [3.63, 3.8) is 0 Å². The zero-order valence-corrected chi connectivity index (χ0v) is 10.2. The van der Waals surface area contributed by atoms with Gasteiger partial charge < -0.3 is 21.7 Å². The highest BCUT2D eigenvalue weighted by molar-refractivity contribution is 6.32. The summed E-state index contributed by atoms with van der Waals surface area (Å²) in [5.74, 6) is -2.17. The summed E-state index contributed by atoms with van der Waals surface area (Å²) in [5, 5.41) is 19.8. The van der Waals surface area contributed by atoms with Gasteiger partial charge in [0, 0.05) is 17.3 Å². The lowest BCUT2D eigenvalue weighted by atomic mass is 9.82. The molecule has 100 valence electrons. The van der Waals surface area contributed by atoms with Crippen molar-refractivity contribution in [3.8, 4) is 11.5 Å². The molecular weight excluding hydrogens is 260 g/mol. The van der Waals surface area contributed by atoms with Crippen LogP contribution in [0.15, 0.2) is 24.3 Å². The van der Waals surface area contributed by atoms with Gasteiger partial charge in [-0.1, -0.05) is 12.1 Å². The average molecular weight is 270 g/mol. The van der Waals surface area contributed by atoms with Crippen LogP contribution in [0, 0.1) is 0 Å². The van der Waals surface area contributed by atoms with Gasteiger partial charge in [-0.25, -0.2) is 0 Å². The number of benzene rings is 2. The summed E-state index contributed by atoms with van der Waals surface area (Å²) in [4.78, 5) is 24.8. The van der Waals surface area contributed by atoms with Crippen molar-refractivity contribution in [3.05, 3.63) is 46.5 Å². The molecule has 6 nitrogen and oxygen atoms in total. The van der Waals surface area contributed by atoms with Crippen molar-refractivity contribution in [1.29, 1.82) is 0 Å². The van der Waals surface area contributed by atoms with Gasteiger partial charge in [0.2, 0.25) is 5.78 Å². The molecule has 0 fully saturated rings. The molecule has 1 aliphatic rings.